The smallest absolute Gasteiger partial charge is 0.278 e. The molecule has 0 aliphatic rings. The molecule has 0 unspecified atom stereocenters. The maximum absolute atomic E-state index is 12.5. The Morgan fingerprint density at radius 3 is 2.90 bits per heavy atom. The van der Waals surface area contributed by atoms with Crippen molar-refractivity contribution >= 4 is 44.2 Å². The number of benzene rings is 1. The summed E-state index contributed by atoms with van der Waals surface area (Å²) in [4.78, 5) is 22.8. The molecule has 3 rings (SSSR count). The van der Waals surface area contributed by atoms with Crippen molar-refractivity contribution in [1.82, 2.24) is 9.97 Å². The lowest BCUT2D eigenvalue weighted by Crippen LogP contribution is -2.31. The SMILES string of the molecule is CCN(C(=O)c1ccccn1)c1nc2cc(Cl)ccc2s1. The fourth-order valence-corrected chi connectivity index (χ4v) is 3.17. The Labute approximate surface area is 131 Å². The van der Waals surface area contributed by atoms with E-state index in [2.05, 4.69) is 9.97 Å². The highest BCUT2D eigenvalue weighted by atomic mass is 35.5. The Hall–Kier alpha value is -1.98. The van der Waals surface area contributed by atoms with E-state index in [-0.39, 0.29) is 5.91 Å². The van der Waals surface area contributed by atoms with Gasteiger partial charge in [-0.05, 0) is 37.3 Å². The summed E-state index contributed by atoms with van der Waals surface area (Å²) >= 11 is 7.44. The Morgan fingerprint density at radius 2 is 2.19 bits per heavy atom. The number of rotatable bonds is 3. The van der Waals surface area contributed by atoms with Crippen LogP contribution < -0.4 is 4.90 Å². The third-order valence-electron chi connectivity index (χ3n) is 3.01. The van der Waals surface area contributed by atoms with Crippen LogP contribution in [-0.4, -0.2) is 22.4 Å². The van der Waals surface area contributed by atoms with Crippen molar-refractivity contribution < 1.29 is 4.79 Å². The number of aromatic nitrogens is 2. The zero-order chi connectivity index (χ0) is 14.8. The van der Waals surface area contributed by atoms with E-state index in [4.69, 9.17) is 11.6 Å². The van der Waals surface area contributed by atoms with E-state index >= 15 is 0 Å². The largest absolute Gasteiger partial charge is 0.283 e. The van der Waals surface area contributed by atoms with Crippen molar-refractivity contribution in [3.8, 4) is 0 Å². The predicted octanol–water partition coefficient (Wildman–Crippen LogP) is 4.01. The summed E-state index contributed by atoms with van der Waals surface area (Å²) < 4.78 is 1.00. The van der Waals surface area contributed by atoms with Gasteiger partial charge in [-0.3, -0.25) is 14.7 Å². The van der Waals surface area contributed by atoms with E-state index < -0.39 is 0 Å². The normalized spacial score (nSPS) is 10.8. The minimum Gasteiger partial charge on any atom is -0.283 e. The molecule has 21 heavy (non-hydrogen) atoms. The molecule has 0 fully saturated rings. The number of thiazole rings is 1. The molecule has 1 amide bonds. The summed E-state index contributed by atoms with van der Waals surface area (Å²) in [5, 5.41) is 1.30. The first-order valence-electron chi connectivity index (χ1n) is 6.48. The molecule has 0 radical (unpaired) electrons. The van der Waals surface area contributed by atoms with Gasteiger partial charge in [-0.15, -0.1) is 0 Å². The zero-order valence-corrected chi connectivity index (χ0v) is 12.9. The molecule has 1 aromatic carbocycles. The first-order chi connectivity index (χ1) is 10.2. The van der Waals surface area contributed by atoms with Gasteiger partial charge in [0.2, 0.25) is 0 Å². The summed E-state index contributed by atoms with van der Waals surface area (Å²) in [6.07, 6.45) is 1.61. The van der Waals surface area contributed by atoms with Crippen molar-refractivity contribution in [2.24, 2.45) is 0 Å². The predicted molar refractivity (Wildman–Crippen MR) is 86.2 cm³/mol. The monoisotopic (exact) mass is 317 g/mol. The van der Waals surface area contributed by atoms with Gasteiger partial charge in [-0.2, -0.15) is 0 Å². The number of pyridine rings is 1. The van der Waals surface area contributed by atoms with Gasteiger partial charge in [0.15, 0.2) is 5.13 Å². The summed E-state index contributed by atoms with van der Waals surface area (Å²) in [6.45, 7) is 2.45. The fraction of sp³-hybridized carbons (Fsp3) is 0.133. The third-order valence-corrected chi connectivity index (χ3v) is 4.31. The summed E-state index contributed by atoms with van der Waals surface area (Å²) in [6, 6.07) is 10.8. The average Bonchev–Trinajstić information content (AvgIpc) is 2.91. The lowest BCUT2D eigenvalue weighted by Gasteiger charge is -2.16. The van der Waals surface area contributed by atoms with Crippen LogP contribution >= 0.6 is 22.9 Å². The quantitative estimate of drug-likeness (QED) is 0.733. The number of halogens is 1. The second-order valence-electron chi connectivity index (χ2n) is 4.37. The summed E-state index contributed by atoms with van der Waals surface area (Å²) in [5.74, 6) is -0.150. The Morgan fingerprint density at radius 1 is 1.33 bits per heavy atom. The maximum atomic E-state index is 12.5. The van der Waals surface area contributed by atoms with Gasteiger partial charge in [-0.25, -0.2) is 4.98 Å². The number of hydrogen-bond acceptors (Lipinski definition) is 4. The lowest BCUT2D eigenvalue weighted by molar-refractivity contribution is 0.0983. The summed E-state index contributed by atoms with van der Waals surface area (Å²) in [5.41, 5.74) is 1.21. The minimum absolute atomic E-state index is 0.150. The number of amides is 1. The third kappa shape index (κ3) is 2.75. The molecule has 0 aliphatic carbocycles. The highest BCUT2D eigenvalue weighted by molar-refractivity contribution is 7.22. The number of hydrogen-bond donors (Lipinski definition) is 0. The molecule has 0 spiro atoms. The standard InChI is InChI=1S/C15H12ClN3OS/c1-2-19(14(20)11-5-3-4-8-17-11)15-18-12-9-10(16)6-7-13(12)21-15/h3-9H,2H2,1H3. The second kappa shape index (κ2) is 5.79. The van der Waals surface area contributed by atoms with Crippen LogP contribution in [0.4, 0.5) is 5.13 Å². The topological polar surface area (TPSA) is 46.1 Å². The van der Waals surface area contributed by atoms with Gasteiger partial charge in [-0.1, -0.05) is 29.0 Å². The number of nitrogens with zero attached hydrogens (tertiary/aromatic N) is 3. The molecular formula is C15H12ClN3OS. The molecule has 2 heterocycles. The second-order valence-corrected chi connectivity index (χ2v) is 5.82. The van der Waals surface area contributed by atoms with Crippen molar-refractivity contribution in [3.05, 3.63) is 53.3 Å². The molecule has 6 heteroatoms. The molecule has 0 saturated heterocycles. The maximum Gasteiger partial charge on any atom is 0.278 e. The molecule has 2 aromatic heterocycles. The number of fused-ring (bicyclic) bond motifs is 1. The van der Waals surface area contributed by atoms with Gasteiger partial charge in [0.1, 0.15) is 5.69 Å². The molecule has 0 atom stereocenters. The Kier molecular flexibility index (Phi) is 3.86. The van der Waals surface area contributed by atoms with Gasteiger partial charge in [0.25, 0.3) is 5.91 Å². The van der Waals surface area contributed by atoms with Crippen LogP contribution in [0.15, 0.2) is 42.6 Å². The van der Waals surface area contributed by atoms with Crippen molar-refractivity contribution in [3.63, 3.8) is 0 Å². The van der Waals surface area contributed by atoms with Gasteiger partial charge >= 0.3 is 0 Å². The average molecular weight is 318 g/mol. The molecule has 3 aromatic rings. The van der Waals surface area contributed by atoms with Crippen LogP contribution in [0.1, 0.15) is 17.4 Å². The van der Waals surface area contributed by atoms with Crippen molar-refractivity contribution in [2.75, 3.05) is 11.4 Å². The fourth-order valence-electron chi connectivity index (χ4n) is 2.00. The Balaban J connectivity index is 2.00. The van der Waals surface area contributed by atoms with Crippen molar-refractivity contribution in [1.29, 1.82) is 0 Å². The highest BCUT2D eigenvalue weighted by Gasteiger charge is 2.20. The first-order valence-corrected chi connectivity index (χ1v) is 7.67. The number of carbonyl (C=O) groups is 1. The van der Waals surface area contributed by atoms with E-state index in [9.17, 15) is 4.79 Å². The first kappa shape index (κ1) is 14.0. The van der Waals surface area contributed by atoms with Crippen LogP contribution in [0.5, 0.6) is 0 Å². The highest BCUT2D eigenvalue weighted by Crippen LogP contribution is 2.31. The Bertz CT molecular complexity index is 788. The van der Waals surface area contributed by atoms with Crippen LogP contribution in [-0.2, 0) is 0 Å². The molecule has 0 bridgehead atoms. The number of anilines is 1. The molecule has 0 aliphatic heterocycles. The van der Waals surface area contributed by atoms with Crippen LogP contribution in [0.25, 0.3) is 10.2 Å². The molecule has 4 nitrogen and oxygen atoms in total. The van der Waals surface area contributed by atoms with Gasteiger partial charge in [0, 0.05) is 17.8 Å². The number of carbonyl (C=O) groups excluding carboxylic acids is 1. The van der Waals surface area contributed by atoms with Crippen molar-refractivity contribution in [2.45, 2.75) is 6.92 Å². The van der Waals surface area contributed by atoms with E-state index in [1.165, 1.54) is 11.3 Å². The molecular weight excluding hydrogens is 306 g/mol. The van der Waals surface area contributed by atoms with Crippen LogP contribution in [0.3, 0.4) is 0 Å². The van der Waals surface area contributed by atoms with E-state index in [1.54, 1.807) is 35.4 Å². The van der Waals surface area contributed by atoms with Crippen LogP contribution in [0, 0.1) is 0 Å². The molecule has 106 valence electrons. The molecule has 0 saturated carbocycles. The van der Waals surface area contributed by atoms with Gasteiger partial charge < -0.3 is 0 Å². The van der Waals surface area contributed by atoms with E-state index in [0.29, 0.717) is 22.4 Å². The zero-order valence-electron chi connectivity index (χ0n) is 11.3. The van der Waals surface area contributed by atoms with E-state index in [1.807, 2.05) is 19.1 Å². The summed E-state index contributed by atoms with van der Waals surface area (Å²) in [7, 11) is 0. The molecule has 0 N–H and O–H groups in total. The van der Waals surface area contributed by atoms with Gasteiger partial charge in [0.05, 0.1) is 10.2 Å². The minimum atomic E-state index is -0.150. The van der Waals surface area contributed by atoms with Crippen LogP contribution in [0.2, 0.25) is 5.02 Å². The van der Waals surface area contributed by atoms with E-state index in [0.717, 1.165) is 10.2 Å². The lowest BCUT2D eigenvalue weighted by atomic mass is 10.3.